The van der Waals surface area contributed by atoms with Crippen LogP contribution in [0, 0.1) is 11.8 Å². The van der Waals surface area contributed by atoms with Crippen LogP contribution in [-0.4, -0.2) is 17.1 Å². The minimum Gasteiger partial charge on any atom is -0.326 e. The number of alkyl halides is 3. The number of carbonyl (C=O) groups is 1. The smallest absolute Gasteiger partial charge is 0.326 e. The van der Waals surface area contributed by atoms with Gasteiger partial charge >= 0.3 is 6.18 Å². The van der Waals surface area contributed by atoms with Crippen LogP contribution in [0.5, 0.6) is 0 Å². The van der Waals surface area contributed by atoms with E-state index in [4.69, 9.17) is 5.73 Å². The molecule has 0 bridgehead atoms. The van der Waals surface area contributed by atoms with E-state index < -0.39 is 12.1 Å². The van der Waals surface area contributed by atoms with Gasteiger partial charge in [0, 0.05) is 18.7 Å². The highest BCUT2D eigenvalue weighted by molar-refractivity contribution is 5.91. The number of carbonyl (C=O) groups excluding carboxylic acids is 1. The van der Waals surface area contributed by atoms with E-state index in [2.05, 4.69) is 10.3 Å². The third kappa shape index (κ3) is 4.17. The summed E-state index contributed by atoms with van der Waals surface area (Å²) in [5, 5.41) is 2.64. The Morgan fingerprint density at radius 1 is 1.29 bits per heavy atom. The maximum absolute atomic E-state index is 12.6. The van der Waals surface area contributed by atoms with E-state index in [1.165, 1.54) is 0 Å². The Bertz CT molecular complexity index is 479. The third-order valence-electron chi connectivity index (χ3n) is 3.87. The van der Waals surface area contributed by atoms with Gasteiger partial charge in [0.05, 0.1) is 5.92 Å². The van der Waals surface area contributed by atoms with Crippen molar-refractivity contribution in [1.29, 1.82) is 0 Å². The van der Waals surface area contributed by atoms with Crippen molar-refractivity contribution in [2.24, 2.45) is 17.6 Å². The average molecular weight is 301 g/mol. The molecule has 1 aromatic rings. The molecule has 116 valence electrons. The van der Waals surface area contributed by atoms with Crippen LogP contribution < -0.4 is 11.1 Å². The number of hydrogen-bond acceptors (Lipinski definition) is 3. The zero-order valence-electron chi connectivity index (χ0n) is 11.5. The fourth-order valence-electron chi connectivity index (χ4n) is 2.53. The van der Waals surface area contributed by atoms with Crippen LogP contribution in [-0.2, 0) is 11.3 Å². The zero-order chi connectivity index (χ0) is 15.5. The second-order valence-electron chi connectivity index (χ2n) is 5.34. The molecule has 0 aromatic carbocycles. The summed E-state index contributed by atoms with van der Waals surface area (Å²) in [7, 11) is 0. The molecule has 0 atom stereocenters. The highest BCUT2D eigenvalue weighted by Crippen LogP contribution is 2.39. The second-order valence-corrected chi connectivity index (χ2v) is 5.34. The lowest BCUT2D eigenvalue weighted by molar-refractivity contribution is -0.184. The van der Waals surface area contributed by atoms with Crippen LogP contribution in [0.2, 0.25) is 0 Å². The summed E-state index contributed by atoms with van der Waals surface area (Å²) in [4.78, 5) is 16.1. The molecule has 1 aliphatic carbocycles. The lowest BCUT2D eigenvalue weighted by atomic mass is 9.81. The molecular weight excluding hydrogens is 283 g/mol. The van der Waals surface area contributed by atoms with Crippen LogP contribution >= 0.6 is 0 Å². The molecule has 1 aromatic heterocycles. The van der Waals surface area contributed by atoms with Gasteiger partial charge in [0.25, 0.3) is 0 Å². The fourth-order valence-corrected chi connectivity index (χ4v) is 2.53. The Kier molecular flexibility index (Phi) is 4.82. The molecule has 0 aliphatic heterocycles. The van der Waals surface area contributed by atoms with E-state index in [0.717, 1.165) is 5.56 Å². The molecule has 0 unspecified atom stereocenters. The number of pyridine rings is 1. The van der Waals surface area contributed by atoms with Gasteiger partial charge in [-0.15, -0.1) is 0 Å². The summed E-state index contributed by atoms with van der Waals surface area (Å²) < 4.78 is 37.7. The van der Waals surface area contributed by atoms with Crippen molar-refractivity contribution in [2.75, 3.05) is 5.32 Å². The first kappa shape index (κ1) is 15.8. The number of hydrogen-bond donors (Lipinski definition) is 2. The molecule has 21 heavy (non-hydrogen) atoms. The first-order chi connectivity index (χ1) is 9.90. The average Bonchev–Trinajstić information content (AvgIpc) is 2.47. The number of nitrogens with two attached hydrogens (primary N) is 1. The number of nitrogens with one attached hydrogen (secondary N) is 1. The van der Waals surface area contributed by atoms with Crippen LogP contribution in [0.4, 0.5) is 19.0 Å². The van der Waals surface area contributed by atoms with E-state index in [9.17, 15) is 18.0 Å². The SMILES string of the molecule is NCc1ccc(NC(=O)C2CCC(C(F)(F)F)CC2)nc1. The molecule has 1 fully saturated rings. The van der Waals surface area contributed by atoms with Crippen molar-refractivity contribution >= 4 is 11.7 Å². The van der Waals surface area contributed by atoms with Crippen molar-refractivity contribution in [2.45, 2.75) is 38.4 Å². The van der Waals surface area contributed by atoms with Crippen molar-refractivity contribution in [3.8, 4) is 0 Å². The van der Waals surface area contributed by atoms with Gasteiger partial charge in [-0.1, -0.05) is 6.07 Å². The minimum absolute atomic E-state index is 0.0150. The van der Waals surface area contributed by atoms with Crippen molar-refractivity contribution in [3.63, 3.8) is 0 Å². The Morgan fingerprint density at radius 2 is 1.95 bits per heavy atom. The van der Waals surface area contributed by atoms with Crippen LogP contribution in [0.3, 0.4) is 0 Å². The Hall–Kier alpha value is -1.63. The van der Waals surface area contributed by atoms with Gasteiger partial charge in [-0.25, -0.2) is 4.98 Å². The van der Waals surface area contributed by atoms with Gasteiger partial charge in [-0.3, -0.25) is 4.79 Å². The lowest BCUT2D eigenvalue weighted by Gasteiger charge is -2.28. The highest BCUT2D eigenvalue weighted by atomic mass is 19.4. The van der Waals surface area contributed by atoms with Gasteiger partial charge < -0.3 is 11.1 Å². The lowest BCUT2D eigenvalue weighted by Crippen LogP contribution is -2.32. The van der Waals surface area contributed by atoms with E-state index in [0.29, 0.717) is 12.4 Å². The van der Waals surface area contributed by atoms with Gasteiger partial charge in [0.1, 0.15) is 5.82 Å². The van der Waals surface area contributed by atoms with Crippen LogP contribution in [0.15, 0.2) is 18.3 Å². The summed E-state index contributed by atoms with van der Waals surface area (Å²) >= 11 is 0. The second kappa shape index (κ2) is 6.43. The van der Waals surface area contributed by atoms with E-state index in [1.807, 2.05) is 0 Å². The van der Waals surface area contributed by atoms with Gasteiger partial charge in [-0.2, -0.15) is 13.2 Å². The van der Waals surface area contributed by atoms with Crippen molar-refractivity contribution < 1.29 is 18.0 Å². The molecule has 1 heterocycles. The number of anilines is 1. The first-order valence-electron chi connectivity index (χ1n) is 6.92. The summed E-state index contributed by atoms with van der Waals surface area (Å²) in [6, 6.07) is 3.39. The molecule has 7 heteroatoms. The van der Waals surface area contributed by atoms with Gasteiger partial charge in [0.15, 0.2) is 0 Å². The minimum atomic E-state index is -4.15. The van der Waals surface area contributed by atoms with E-state index in [-0.39, 0.29) is 37.5 Å². The number of amides is 1. The molecule has 0 saturated heterocycles. The summed E-state index contributed by atoms with van der Waals surface area (Å²) in [6.45, 7) is 0.364. The molecule has 0 spiro atoms. The summed E-state index contributed by atoms with van der Waals surface area (Å²) in [5.74, 6) is -1.51. The fraction of sp³-hybridized carbons (Fsp3) is 0.571. The summed E-state index contributed by atoms with van der Waals surface area (Å²) in [5.41, 5.74) is 6.29. The number of halogens is 3. The maximum Gasteiger partial charge on any atom is 0.391 e. The molecule has 1 aliphatic rings. The monoisotopic (exact) mass is 301 g/mol. The Morgan fingerprint density at radius 3 is 2.43 bits per heavy atom. The molecule has 4 nitrogen and oxygen atoms in total. The molecular formula is C14H18F3N3O. The highest BCUT2D eigenvalue weighted by Gasteiger charge is 2.42. The largest absolute Gasteiger partial charge is 0.391 e. The van der Waals surface area contributed by atoms with Gasteiger partial charge in [0.2, 0.25) is 5.91 Å². The number of rotatable bonds is 3. The van der Waals surface area contributed by atoms with Crippen LogP contribution in [0.25, 0.3) is 0 Å². The van der Waals surface area contributed by atoms with Gasteiger partial charge in [-0.05, 0) is 37.3 Å². The molecule has 3 N–H and O–H groups in total. The predicted octanol–water partition coefficient (Wildman–Crippen LogP) is 2.85. The quantitative estimate of drug-likeness (QED) is 0.902. The first-order valence-corrected chi connectivity index (χ1v) is 6.92. The number of aromatic nitrogens is 1. The normalized spacial score (nSPS) is 22.9. The zero-order valence-corrected chi connectivity index (χ0v) is 11.5. The Labute approximate surface area is 120 Å². The van der Waals surface area contributed by atoms with Crippen molar-refractivity contribution in [1.82, 2.24) is 4.98 Å². The van der Waals surface area contributed by atoms with Crippen molar-refractivity contribution in [3.05, 3.63) is 23.9 Å². The maximum atomic E-state index is 12.6. The van der Waals surface area contributed by atoms with Crippen LogP contribution in [0.1, 0.15) is 31.2 Å². The third-order valence-corrected chi connectivity index (χ3v) is 3.87. The standard InChI is InChI=1S/C14H18F3N3O/c15-14(16,17)11-4-2-10(3-5-11)13(21)20-12-6-1-9(7-18)8-19-12/h1,6,8,10-11H,2-5,7,18H2,(H,19,20,21). The molecule has 2 rings (SSSR count). The predicted molar refractivity (Wildman–Crippen MR) is 72.3 cm³/mol. The summed E-state index contributed by atoms with van der Waals surface area (Å²) in [6.07, 6.45) is -2.03. The van der Waals surface area contributed by atoms with E-state index in [1.54, 1.807) is 18.3 Å². The Balaban J connectivity index is 1.87. The molecule has 1 saturated carbocycles. The topological polar surface area (TPSA) is 68.0 Å². The molecule has 1 amide bonds. The number of nitrogens with zero attached hydrogens (tertiary/aromatic N) is 1. The molecule has 0 radical (unpaired) electrons. The van der Waals surface area contributed by atoms with E-state index >= 15 is 0 Å².